The number of aryl methyl sites for hydroxylation is 1. The summed E-state index contributed by atoms with van der Waals surface area (Å²) in [5, 5.41) is 0. The smallest absolute Gasteiger partial charge is 0.0448 e. The molecule has 2 atom stereocenters. The molecule has 2 aliphatic heterocycles. The lowest BCUT2D eigenvalue weighted by atomic mass is 9.81. The van der Waals surface area contributed by atoms with Crippen molar-refractivity contribution in [2.45, 2.75) is 83.0 Å². The summed E-state index contributed by atoms with van der Waals surface area (Å²) in [7, 11) is -2.06. The van der Waals surface area contributed by atoms with Gasteiger partial charge < -0.3 is 4.90 Å². The van der Waals surface area contributed by atoms with E-state index >= 15 is 0 Å². The minimum absolute atomic E-state index is 0.812. The van der Waals surface area contributed by atoms with Crippen LogP contribution in [-0.2, 0) is 0 Å². The Balaban J connectivity index is 2.03. The molecule has 0 aromatic heterocycles. The molecule has 0 spiro atoms. The van der Waals surface area contributed by atoms with Gasteiger partial charge >= 0.3 is 0 Å². The van der Waals surface area contributed by atoms with Gasteiger partial charge in [0, 0.05) is 34.9 Å². The van der Waals surface area contributed by atoms with Crippen LogP contribution in [0.2, 0.25) is 51.4 Å². The highest BCUT2D eigenvalue weighted by molar-refractivity contribution is 6.76. The predicted octanol–water partition coefficient (Wildman–Crippen LogP) is 6.45. The fourth-order valence-corrected chi connectivity index (χ4v) is 8.80. The van der Waals surface area contributed by atoms with E-state index < -0.39 is 16.1 Å². The summed E-state index contributed by atoms with van der Waals surface area (Å²) in [6, 6.07) is 7.98. The van der Waals surface area contributed by atoms with E-state index in [0.717, 1.165) is 11.8 Å². The Hall–Kier alpha value is -0.546. The Morgan fingerprint density at radius 2 is 1.25 bits per heavy atom. The Bertz CT molecular complexity index is 560. The maximum absolute atomic E-state index is 2.73. The third-order valence-electron chi connectivity index (χ3n) is 5.72. The molecule has 0 saturated heterocycles. The van der Waals surface area contributed by atoms with E-state index in [1.807, 2.05) is 0 Å². The van der Waals surface area contributed by atoms with Crippen molar-refractivity contribution in [1.29, 1.82) is 0 Å². The fourth-order valence-electron chi connectivity index (χ4n) is 5.00. The zero-order valence-electron chi connectivity index (χ0n) is 17.0. The Morgan fingerprint density at radius 3 is 1.62 bits per heavy atom. The summed E-state index contributed by atoms with van der Waals surface area (Å²) in [5.41, 5.74) is 6.58. The molecular formula is C21H37NSi2. The maximum atomic E-state index is 2.73. The van der Waals surface area contributed by atoms with Crippen LogP contribution in [0.4, 0.5) is 5.69 Å². The number of benzene rings is 1. The topological polar surface area (TPSA) is 3.24 Å². The minimum Gasteiger partial charge on any atom is -0.371 e. The minimum atomic E-state index is -1.03. The quantitative estimate of drug-likeness (QED) is 0.558. The third kappa shape index (κ3) is 3.99. The molecule has 0 unspecified atom stereocenters. The molecule has 2 aliphatic rings. The van der Waals surface area contributed by atoms with Crippen LogP contribution in [0.1, 0.15) is 41.4 Å². The van der Waals surface area contributed by atoms with Crippen LogP contribution in [0.25, 0.3) is 0 Å². The molecule has 0 fully saturated rings. The molecule has 24 heavy (non-hydrogen) atoms. The average Bonchev–Trinajstić information content (AvgIpc) is 2.41. The molecule has 134 valence electrons. The molecule has 0 amide bonds. The number of rotatable bonds is 4. The fraction of sp³-hybridized carbons (Fsp3) is 0.714. The molecule has 3 rings (SSSR count). The molecule has 1 aromatic rings. The van der Waals surface area contributed by atoms with Gasteiger partial charge in [-0.05, 0) is 42.7 Å². The van der Waals surface area contributed by atoms with E-state index in [4.69, 9.17) is 0 Å². The Labute approximate surface area is 151 Å². The van der Waals surface area contributed by atoms with Crippen LogP contribution in [0.5, 0.6) is 0 Å². The van der Waals surface area contributed by atoms with Crippen molar-refractivity contribution in [2.24, 2.45) is 0 Å². The second kappa shape index (κ2) is 6.32. The number of anilines is 1. The largest absolute Gasteiger partial charge is 0.371 e. The molecule has 0 N–H and O–H groups in total. The molecule has 1 aromatic carbocycles. The van der Waals surface area contributed by atoms with Crippen LogP contribution in [0, 0.1) is 6.92 Å². The van der Waals surface area contributed by atoms with Crippen molar-refractivity contribution < 1.29 is 0 Å². The number of hydrogen-bond acceptors (Lipinski definition) is 1. The summed E-state index contributed by atoms with van der Waals surface area (Å²) in [6.07, 6.45) is 2.75. The van der Waals surface area contributed by atoms with E-state index in [2.05, 4.69) is 63.2 Å². The van der Waals surface area contributed by atoms with E-state index in [0.29, 0.717) is 0 Å². The highest BCUT2D eigenvalue weighted by Gasteiger charge is 2.36. The van der Waals surface area contributed by atoms with Gasteiger partial charge in [0.2, 0.25) is 0 Å². The second-order valence-electron chi connectivity index (χ2n) is 10.8. The van der Waals surface area contributed by atoms with Crippen molar-refractivity contribution in [3.05, 3.63) is 28.8 Å². The maximum Gasteiger partial charge on any atom is 0.0448 e. The van der Waals surface area contributed by atoms with Gasteiger partial charge in [-0.15, -0.1) is 0 Å². The van der Waals surface area contributed by atoms with E-state index in [1.54, 1.807) is 16.8 Å². The zero-order valence-corrected chi connectivity index (χ0v) is 19.0. The lowest BCUT2D eigenvalue weighted by molar-refractivity contribution is 0.542. The molecule has 0 radical (unpaired) electrons. The average molecular weight is 360 g/mol. The second-order valence-corrected chi connectivity index (χ2v) is 21.8. The van der Waals surface area contributed by atoms with Crippen molar-refractivity contribution in [2.75, 3.05) is 18.0 Å². The van der Waals surface area contributed by atoms with Crippen LogP contribution in [-0.4, -0.2) is 29.2 Å². The molecule has 2 heterocycles. The first kappa shape index (κ1) is 18.3. The Morgan fingerprint density at radius 1 is 0.833 bits per heavy atom. The summed E-state index contributed by atoms with van der Waals surface area (Å²) in [5.74, 6) is 1.62. The summed E-state index contributed by atoms with van der Waals surface area (Å²) in [6.45, 7) is 20.1. The van der Waals surface area contributed by atoms with Crippen molar-refractivity contribution in [1.82, 2.24) is 0 Å². The Kier molecular flexibility index (Phi) is 4.80. The van der Waals surface area contributed by atoms with E-state index in [9.17, 15) is 0 Å². The highest BCUT2D eigenvalue weighted by Crippen LogP contribution is 2.49. The van der Waals surface area contributed by atoms with Crippen molar-refractivity contribution in [3.8, 4) is 0 Å². The van der Waals surface area contributed by atoms with Crippen LogP contribution < -0.4 is 4.90 Å². The molecule has 3 heteroatoms. The monoisotopic (exact) mass is 359 g/mol. The van der Waals surface area contributed by atoms with Crippen molar-refractivity contribution in [3.63, 3.8) is 0 Å². The summed E-state index contributed by atoms with van der Waals surface area (Å²) in [4.78, 5) is 2.73. The molecular weight excluding hydrogens is 322 g/mol. The van der Waals surface area contributed by atoms with Gasteiger partial charge in [0.05, 0.1) is 0 Å². The normalized spacial score (nSPS) is 24.0. The lowest BCUT2D eigenvalue weighted by Gasteiger charge is -2.44. The van der Waals surface area contributed by atoms with Crippen LogP contribution in [0.3, 0.4) is 0 Å². The van der Waals surface area contributed by atoms with Gasteiger partial charge in [0.1, 0.15) is 0 Å². The van der Waals surface area contributed by atoms with Gasteiger partial charge in [-0.3, -0.25) is 0 Å². The van der Waals surface area contributed by atoms with Crippen LogP contribution >= 0.6 is 0 Å². The van der Waals surface area contributed by atoms with Gasteiger partial charge in [-0.1, -0.05) is 69.1 Å². The van der Waals surface area contributed by atoms with Gasteiger partial charge in [0.25, 0.3) is 0 Å². The van der Waals surface area contributed by atoms with Gasteiger partial charge in [0.15, 0.2) is 0 Å². The zero-order chi connectivity index (χ0) is 17.7. The predicted molar refractivity (Wildman–Crippen MR) is 114 cm³/mol. The van der Waals surface area contributed by atoms with E-state index in [1.165, 1.54) is 43.6 Å². The first-order valence-corrected chi connectivity index (χ1v) is 17.3. The lowest BCUT2D eigenvalue weighted by Crippen LogP contribution is -2.39. The molecule has 0 aliphatic carbocycles. The molecule has 0 bridgehead atoms. The van der Waals surface area contributed by atoms with Crippen LogP contribution in [0.15, 0.2) is 12.1 Å². The van der Waals surface area contributed by atoms with Crippen molar-refractivity contribution >= 4 is 21.8 Å². The van der Waals surface area contributed by atoms with Gasteiger partial charge in [-0.2, -0.15) is 0 Å². The number of hydrogen-bond donors (Lipinski definition) is 0. The van der Waals surface area contributed by atoms with Gasteiger partial charge in [-0.25, -0.2) is 0 Å². The van der Waals surface area contributed by atoms with E-state index in [-0.39, 0.29) is 0 Å². The standard InChI is InChI=1S/C21H37NSi2/c1-16-12-19-17(14-23(2,3)4)8-10-22-11-9-18(15-24(5,6)7)20(13-16)21(19)22/h12-13,17-18H,8-11,14-15H2,1-7H3/t17-,18-/m0/s1. The number of nitrogens with zero attached hydrogens (tertiary/aromatic N) is 1. The summed E-state index contributed by atoms with van der Waals surface area (Å²) >= 11 is 0. The first-order valence-electron chi connectivity index (χ1n) is 9.93. The first-order chi connectivity index (χ1) is 11.0. The molecule has 1 nitrogen and oxygen atoms in total. The SMILES string of the molecule is Cc1cc2c3c(c1)[C@H](C[Si](C)(C)C)CCN3CC[C@H]2C[Si](C)(C)C. The highest BCUT2D eigenvalue weighted by atomic mass is 28.3. The summed E-state index contributed by atoms with van der Waals surface area (Å²) < 4.78 is 0. The molecule has 0 saturated carbocycles. The third-order valence-corrected chi connectivity index (χ3v) is 9.16.